The summed E-state index contributed by atoms with van der Waals surface area (Å²) in [6, 6.07) is 6.10. The molecule has 0 unspecified atom stereocenters. The van der Waals surface area contributed by atoms with Crippen LogP contribution in [0.15, 0.2) is 23.1 Å². The molecule has 2 N–H and O–H groups in total. The highest BCUT2D eigenvalue weighted by molar-refractivity contribution is 7.99. The average Bonchev–Trinajstić information content (AvgIpc) is 2.22. The summed E-state index contributed by atoms with van der Waals surface area (Å²) < 4.78 is 0. The van der Waals surface area contributed by atoms with E-state index in [1.54, 1.807) is 11.8 Å². The highest BCUT2D eigenvalue weighted by Crippen LogP contribution is 2.28. The summed E-state index contributed by atoms with van der Waals surface area (Å²) in [4.78, 5) is 1.09. The number of thioether (sulfide) groups is 1. The van der Waals surface area contributed by atoms with E-state index in [9.17, 15) is 0 Å². The van der Waals surface area contributed by atoms with Gasteiger partial charge in [-0.15, -0.1) is 11.8 Å². The van der Waals surface area contributed by atoms with Crippen molar-refractivity contribution in [2.45, 2.75) is 17.9 Å². The van der Waals surface area contributed by atoms with Gasteiger partial charge in [-0.25, -0.2) is 0 Å². The van der Waals surface area contributed by atoms with Crippen molar-refractivity contribution in [3.8, 4) is 0 Å². The quantitative estimate of drug-likeness (QED) is 0.597. The van der Waals surface area contributed by atoms with E-state index in [2.05, 4.69) is 11.4 Å². The summed E-state index contributed by atoms with van der Waals surface area (Å²) in [5.41, 5.74) is 1.19. The van der Waals surface area contributed by atoms with Gasteiger partial charge in [0.2, 0.25) is 0 Å². The van der Waals surface area contributed by atoms with Gasteiger partial charge in [-0.3, -0.25) is 0 Å². The number of halogens is 1. The molecule has 84 valence electrons. The zero-order valence-corrected chi connectivity index (χ0v) is 10.4. The minimum Gasteiger partial charge on any atom is -0.396 e. The lowest BCUT2D eigenvalue weighted by Crippen LogP contribution is -2.04. The molecule has 0 bridgehead atoms. The first-order chi connectivity index (χ1) is 7.27. The van der Waals surface area contributed by atoms with Gasteiger partial charge in [-0.2, -0.15) is 0 Å². The first-order valence-electron chi connectivity index (χ1n) is 4.94. The van der Waals surface area contributed by atoms with E-state index < -0.39 is 0 Å². The van der Waals surface area contributed by atoms with E-state index in [1.165, 1.54) is 5.56 Å². The molecule has 0 saturated carbocycles. The third-order valence-corrected chi connectivity index (χ3v) is 3.52. The molecule has 0 fully saturated rings. The number of rotatable bonds is 6. The van der Waals surface area contributed by atoms with Gasteiger partial charge in [0.1, 0.15) is 0 Å². The van der Waals surface area contributed by atoms with Crippen molar-refractivity contribution >= 4 is 23.4 Å². The van der Waals surface area contributed by atoms with Gasteiger partial charge in [0.25, 0.3) is 0 Å². The van der Waals surface area contributed by atoms with Crippen molar-refractivity contribution < 1.29 is 5.11 Å². The van der Waals surface area contributed by atoms with Crippen molar-refractivity contribution in [2.75, 3.05) is 19.4 Å². The van der Waals surface area contributed by atoms with Gasteiger partial charge >= 0.3 is 0 Å². The molecule has 4 heteroatoms. The van der Waals surface area contributed by atoms with Crippen molar-refractivity contribution in [1.29, 1.82) is 0 Å². The Morgan fingerprint density at radius 3 is 2.87 bits per heavy atom. The molecule has 1 aromatic rings. The van der Waals surface area contributed by atoms with Gasteiger partial charge in [-0.1, -0.05) is 17.7 Å². The van der Waals surface area contributed by atoms with Crippen molar-refractivity contribution in [3.63, 3.8) is 0 Å². The number of benzene rings is 1. The zero-order chi connectivity index (χ0) is 11.1. The number of hydrogen-bond donors (Lipinski definition) is 2. The van der Waals surface area contributed by atoms with E-state index in [0.29, 0.717) is 0 Å². The monoisotopic (exact) mass is 245 g/mol. The van der Waals surface area contributed by atoms with Crippen LogP contribution in [0.25, 0.3) is 0 Å². The molecule has 0 aliphatic rings. The van der Waals surface area contributed by atoms with Crippen LogP contribution in [-0.2, 0) is 6.54 Å². The summed E-state index contributed by atoms with van der Waals surface area (Å²) in [6.45, 7) is 1.07. The molecule has 0 amide bonds. The van der Waals surface area contributed by atoms with E-state index >= 15 is 0 Å². The van der Waals surface area contributed by atoms with Crippen molar-refractivity contribution in [1.82, 2.24) is 5.32 Å². The number of aliphatic hydroxyl groups excluding tert-OH is 1. The van der Waals surface area contributed by atoms with Crippen LogP contribution in [0.2, 0.25) is 5.02 Å². The molecule has 0 spiro atoms. The fraction of sp³-hybridized carbons (Fsp3) is 0.455. The highest BCUT2D eigenvalue weighted by Gasteiger charge is 2.02. The fourth-order valence-corrected chi connectivity index (χ4v) is 2.44. The van der Waals surface area contributed by atoms with Gasteiger partial charge in [0.05, 0.1) is 5.02 Å². The van der Waals surface area contributed by atoms with Gasteiger partial charge in [-0.05, 0) is 31.2 Å². The van der Waals surface area contributed by atoms with Crippen LogP contribution in [-0.4, -0.2) is 24.5 Å². The molecule has 15 heavy (non-hydrogen) atoms. The Bertz CT molecular complexity index is 307. The van der Waals surface area contributed by atoms with Gasteiger partial charge < -0.3 is 10.4 Å². The van der Waals surface area contributed by atoms with Gasteiger partial charge in [0, 0.05) is 23.8 Å². The third-order valence-electron chi connectivity index (χ3n) is 1.94. The van der Waals surface area contributed by atoms with Crippen LogP contribution in [0.3, 0.4) is 0 Å². The molecule has 2 nitrogen and oxygen atoms in total. The maximum absolute atomic E-state index is 8.67. The van der Waals surface area contributed by atoms with Crippen LogP contribution < -0.4 is 5.32 Å². The predicted molar refractivity (Wildman–Crippen MR) is 66.6 cm³/mol. The molecular weight excluding hydrogens is 230 g/mol. The van der Waals surface area contributed by atoms with Crippen molar-refractivity contribution in [2.24, 2.45) is 0 Å². The minimum absolute atomic E-state index is 0.239. The van der Waals surface area contributed by atoms with E-state index in [1.807, 2.05) is 19.2 Å². The molecule has 1 aromatic carbocycles. The largest absolute Gasteiger partial charge is 0.396 e. The topological polar surface area (TPSA) is 32.3 Å². The van der Waals surface area contributed by atoms with E-state index in [0.717, 1.165) is 28.6 Å². The number of nitrogens with one attached hydrogen (secondary N) is 1. The second-order valence-corrected chi connectivity index (χ2v) is 4.76. The maximum Gasteiger partial charge on any atom is 0.0545 e. The normalized spacial score (nSPS) is 10.6. The molecule has 0 aromatic heterocycles. The number of aliphatic hydroxyl groups is 1. The molecular formula is C11H16ClNOS. The van der Waals surface area contributed by atoms with Crippen molar-refractivity contribution in [3.05, 3.63) is 28.8 Å². The van der Waals surface area contributed by atoms with E-state index in [4.69, 9.17) is 16.7 Å². The minimum atomic E-state index is 0.239. The number of hydrogen-bond acceptors (Lipinski definition) is 3. The van der Waals surface area contributed by atoms with E-state index in [-0.39, 0.29) is 6.61 Å². The van der Waals surface area contributed by atoms with Crippen LogP contribution in [0.1, 0.15) is 12.0 Å². The SMILES string of the molecule is CNCc1ccc(SCCCO)c(Cl)c1. The summed E-state index contributed by atoms with van der Waals surface area (Å²) in [5.74, 6) is 0.904. The third kappa shape index (κ3) is 4.43. The summed E-state index contributed by atoms with van der Waals surface area (Å²) in [5, 5.41) is 12.6. The zero-order valence-electron chi connectivity index (χ0n) is 8.79. The summed E-state index contributed by atoms with van der Waals surface area (Å²) >= 11 is 7.82. The Labute approximate surface area is 100 Å². The maximum atomic E-state index is 8.67. The molecule has 0 aliphatic heterocycles. The second-order valence-electron chi connectivity index (χ2n) is 3.22. The summed E-state index contributed by atoms with van der Waals surface area (Å²) in [6.07, 6.45) is 0.805. The van der Waals surface area contributed by atoms with Crippen LogP contribution in [0, 0.1) is 0 Å². The molecule has 0 radical (unpaired) electrons. The molecule has 1 rings (SSSR count). The Kier molecular flexibility index (Phi) is 6.10. The Morgan fingerprint density at radius 1 is 1.47 bits per heavy atom. The molecule has 0 saturated heterocycles. The lowest BCUT2D eigenvalue weighted by Gasteiger charge is -2.06. The standard InChI is InChI=1S/C11H16ClNOS/c1-13-8-9-3-4-11(10(12)7-9)15-6-2-5-14/h3-4,7,13-14H,2,5-6,8H2,1H3. The second kappa shape index (κ2) is 7.12. The van der Waals surface area contributed by atoms with Gasteiger partial charge in [0.15, 0.2) is 0 Å². The molecule has 0 heterocycles. The highest BCUT2D eigenvalue weighted by atomic mass is 35.5. The first-order valence-corrected chi connectivity index (χ1v) is 6.31. The smallest absolute Gasteiger partial charge is 0.0545 e. The molecule has 0 aliphatic carbocycles. The fourth-order valence-electron chi connectivity index (χ4n) is 1.22. The Hall–Kier alpha value is -0.220. The lowest BCUT2D eigenvalue weighted by atomic mass is 10.2. The first kappa shape index (κ1) is 12.8. The summed E-state index contributed by atoms with van der Waals surface area (Å²) in [7, 11) is 1.91. The van der Waals surface area contributed by atoms with Crippen LogP contribution >= 0.6 is 23.4 Å². The lowest BCUT2D eigenvalue weighted by molar-refractivity contribution is 0.296. The van der Waals surface area contributed by atoms with Crippen LogP contribution in [0.5, 0.6) is 0 Å². The average molecular weight is 246 g/mol. The Balaban J connectivity index is 2.58. The Morgan fingerprint density at radius 2 is 2.27 bits per heavy atom. The molecule has 0 atom stereocenters. The van der Waals surface area contributed by atoms with Crippen LogP contribution in [0.4, 0.5) is 0 Å². The predicted octanol–water partition coefficient (Wildman–Crippen LogP) is 2.53.